The molecule has 0 spiro atoms. The fourth-order valence-electron chi connectivity index (χ4n) is 1.89. The number of rotatable bonds is 4. The molecule has 2 rings (SSSR count). The number of benzene rings is 2. The molecule has 0 aliphatic carbocycles. The second-order valence-electron chi connectivity index (χ2n) is 4.48. The van der Waals surface area contributed by atoms with Crippen LogP contribution in [-0.2, 0) is 0 Å². The van der Waals surface area contributed by atoms with Gasteiger partial charge in [-0.05, 0) is 41.1 Å². The second-order valence-corrected chi connectivity index (χ2v) is 5.33. The number of nitro benzene ring substituents is 1. The Morgan fingerprint density at radius 3 is 2.45 bits per heavy atom. The highest BCUT2D eigenvalue weighted by Gasteiger charge is 2.17. The Morgan fingerprint density at radius 1 is 1.14 bits per heavy atom. The van der Waals surface area contributed by atoms with Crippen molar-refractivity contribution in [2.75, 3.05) is 5.32 Å². The largest absolute Gasteiger partial charge is 0.321 e. The van der Waals surface area contributed by atoms with E-state index in [1.807, 2.05) is 0 Å². The first-order valence-corrected chi connectivity index (χ1v) is 7.04. The lowest BCUT2D eigenvalue weighted by Crippen LogP contribution is -2.15. The summed E-state index contributed by atoms with van der Waals surface area (Å²) in [5.41, 5.74) is 0.663. The molecule has 0 aliphatic heterocycles. The van der Waals surface area contributed by atoms with Gasteiger partial charge in [-0.1, -0.05) is 12.1 Å². The second kappa shape index (κ2) is 6.48. The quantitative estimate of drug-likeness (QED) is 0.508. The lowest BCUT2D eigenvalue weighted by molar-refractivity contribution is -0.384. The van der Waals surface area contributed by atoms with E-state index in [0.29, 0.717) is 15.7 Å². The number of hydrogen-bond donors (Lipinski definition) is 1. The predicted molar refractivity (Wildman–Crippen MR) is 85.2 cm³/mol. The van der Waals surface area contributed by atoms with Crippen molar-refractivity contribution in [3.05, 3.63) is 68.2 Å². The molecule has 0 fully saturated rings. The van der Waals surface area contributed by atoms with E-state index in [4.69, 9.17) is 0 Å². The van der Waals surface area contributed by atoms with Gasteiger partial charge in [0.15, 0.2) is 5.78 Å². The van der Waals surface area contributed by atoms with Crippen LogP contribution in [0.1, 0.15) is 27.6 Å². The minimum atomic E-state index is -0.577. The van der Waals surface area contributed by atoms with Crippen LogP contribution in [0.25, 0.3) is 0 Å². The van der Waals surface area contributed by atoms with E-state index in [0.717, 1.165) is 0 Å². The molecule has 2 aromatic rings. The van der Waals surface area contributed by atoms with Gasteiger partial charge in [0.25, 0.3) is 11.6 Å². The van der Waals surface area contributed by atoms with Crippen molar-refractivity contribution in [3.8, 4) is 0 Å². The van der Waals surface area contributed by atoms with Crippen molar-refractivity contribution in [1.29, 1.82) is 0 Å². The highest BCUT2D eigenvalue weighted by atomic mass is 79.9. The molecule has 0 saturated heterocycles. The number of amides is 1. The minimum absolute atomic E-state index is 0.118. The van der Waals surface area contributed by atoms with Crippen LogP contribution in [0.3, 0.4) is 0 Å². The number of nitrogens with one attached hydrogen (secondary N) is 1. The molecule has 0 aromatic heterocycles. The molecule has 0 radical (unpaired) electrons. The van der Waals surface area contributed by atoms with Crippen LogP contribution in [0.15, 0.2) is 46.9 Å². The van der Waals surface area contributed by atoms with Gasteiger partial charge in [0.1, 0.15) is 0 Å². The van der Waals surface area contributed by atoms with Crippen molar-refractivity contribution in [2.24, 2.45) is 0 Å². The monoisotopic (exact) mass is 362 g/mol. The number of carbonyl (C=O) groups excluding carboxylic acids is 2. The maximum absolute atomic E-state index is 12.3. The molecule has 6 nitrogen and oxygen atoms in total. The van der Waals surface area contributed by atoms with Crippen LogP contribution in [0.2, 0.25) is 0 Å². The summed E-state index contributed by atoms with van der Waals surface area (Å²) < 4.78 is 0.427. The maximum Gasteiger partial charge on any atom is 0.270 e. The highest BCUT2D eigenvalue weighted by molar-refractivity contribution is 9.10. The normalized spacial score (nSPS) is 10.1. The number of nitrogens with zero attached hydrogens (tertiary/aromatic N) is 1. The van der Waals surface area contributed by atoms with E-state index in [1.165, 1.54) is 25.1 Å². The van der Waals surface area contributed by atoms with E-state index < -0.39 is 10.8 Å². The molecule has 0 bridgehead atoms. The number of halogens is 1. The van der Waals surface area contributed by atoms with Gasteiger partial charge >= 0.3 is 0 Å². The number of nitro groups is 1. The van der Waals surface area contributed by atoms with E-state index in [-0.39, 0.29) is 17.0 Å². The topological polar surface area (TPSA) is 89.3 Å². The zero-order chi connectivity index (χ0) is 16.3. The molecule has 0 saturated carbocycles. The Kier molecular flexibility index (Phi) is 4.67. The van der Waals surface area contributed by atoms with Crippen LogP contribution in [0.4, 0.5) is 11.4 Å². The number of para-hydroxylation sites is 1. The molecule has 22 heavy (non-hydrogen) atoms. The van der Waals surface area contributed by atoms with E-state index in [2.05, 4.69) is 21.2 Å². The van der Waals surface area contributed by atoms with Gasteiger partial charge in [-0.15, -0.1) is 0 Å². The molecule has 2 aromatic carbocycles. The van der Waals surface area contributed by atoms with E-state index >= 15 is 0 Å². The summed E-state index contributed by atoms with van der Waals surface area (Å²) in [6.45, 7) is 1.40. The number of ketones is 1. The Bertz CT molecular complexity index is 774. The minimum Gasteiger partial charge on any atom is -0.321 e. The van der Waals surface area contributed by atoms with Crippen molar-refractivity contribution >= 4 is 39.0 Å². The first-order chi connectivity index (χ1) is 10.4. The summed E-state index contributed by atoms with van der Waals surface area (Å²) in [6, 6.07) is 10.5. The SMILES string of the molecule is CC(=O)c1ccccc1NC(=O)c1cc([N+](=O)[O-])ccc1Br. The van der Waals surface area contributed by atoms with Gasteiger partial charge in [0.2, 0.25) is 0 Å². The van der Waals surface area contributed by atoms with Crippen LogP contribution in [0, 0.1) is 10.1 Å². The lowest BCUT2D eigenvalue weighted by Gasteiger charge is -2.10. The van der Waals surface area contributed by atoms with E-state index in [9.17, 15) is 19.7 Å². The summed E-state index contributed by atoms with van der Waals surface area (Å²) in [6.07, 6.45) is 0. The molecule has 0 atom stereocenters. The average Bonchev–Trinajstić information content (AvgIpc) is 2.47. The predicted octanol–water partition coefficient (Wildman–Crippen LogP) is 3.81. The van der Waals surface area contributed by atoms with Gasteiger partial charge in [0.05, 0.1) is 16.2 Å². The first kappa shape index (κ1) is 15.8. The Morgan fingerprint density at radius 2 is 1.82 bits per heavy atom. The summed E-state index contributed by atoms with van der Waals surface area (Å²) in [4.78, 5) is 34.1. The first-order valence-electron chi connectivity index (χ1n) is 6.25. The Labute approximate surface area is 134 Å². The average molecular weight is 363 g/mol. The number of hydrogen-bond acceptors (Lipinski definition) is 4. The van der Waals surface area contributed by atoms with Gasteiger partial charge in [-0.3, -0.25) is 19.7 Å². The van der Waals surface area contributed by atoms with Crippen molar-refractivity contribution < 1.29 is 14.5 Å². The molecule has 7 heteroatoms. The maximum atomic E-state index is 12.3. The highest BCUT2D eigenvalue weighted by Crippen LogP contribution is 2.24. The van der Waals surface area contributed by atoms with Crippen LogP contribution >= 0.6 is 15.9 Å². The van der Waals surface area contributed by atoms with Crippen molar-refractivity contribution in [3.63, 3.8) is 0 Å². The number of non-ortho nitro benzene ring substituents is 1. The Balaban J connectivity index is 2.36. The molecule has 0 unspecified atom stereocenters. The molecule has 0 heterocycles. The zero-order valence-electron chi connectivity index (χ0n) is 11.5. The molecule has 112 valence electrons. The van der Waals surface area contributed by atoms with Crippen LogP contribution < -0.4 is 5.32 Å². The van der Waals surface area contributed by atoms with Gasteiger partial charge in [-0.25, -0.2) is 0 Å². The molecular formula is C15H11BrN2O4. The van der Waals surface area contributed by atoms with Gasteiger partial charge in [-0.2, -0.15) is 0 Å². The fraction of sp³-hybridized carbons (Fsp3) is 0.0667. The lowest BCUT2D eigenvalue weighted by atomic mass is 10.1. The number of anilines is 1. The van der Waals surface area contributed by atoms with Gasteiger partial charge < -0.3 is 5.32 Å². The number of Topliss-reactive ketones (excluding diaryl/α,β-unsaturated/α-hetero) is 1. The third-order valence-corrected chi connectivity index (χ3v) is 3.65. The third-order valence-electron chi connectivity index (χ3n) is 2.96. The number of carbonyl (C=O) groups is 2. The smallest absolute Gasteiger partial charge is 0.270 e. The van der Waals surface area contributed by atoms with Crippen molar-refractivity contribution in [1.82, 2.24) is 0 Å². The third kappa shape index (κ3) is 3.37. The van der Waals surface area contributed by atoms with Gasteiger partial charge in [0, 0.05) is 22.2 Å². The zero-order valence-corrected chi connectivity index (χ0v) is 13.1. The van der Waals surface area contributed by atoms with E-state index in [1.54, 1.807) is 24.3 Å². The van der Waals surface area contributed by atoms with Crippen LogP contribution in [-0.4, -0.2) is 16.6 Å². The fourth-order valence-corrected chi connectivity index (χ4v) is 2.32. The molecule has 1 amide bonds. The molecule has 0 aliphatic rings. The van der Waals surface area contributed by atoms with Crippen molar-refractivity contribution in [2.45, 2.75) is 6.92 Å². The molecular weight excluding hydrogens is 352 g/mol. The summed E-state index contributed by atoms with van der Waals surface area (Å²) in [5.74, 6) is -0.724. The Hall–Kier alpha value is -2.54. The summed E-state index contributed by atoms with van der Waals surface area (Å²) in [5, 5.41) is 13.4. The standard InChI is InChI=1S/C15H11BrN2O4/c1-9(19)11-4-2-3-5-14(11)17-15(20)12-8-10(18(21)22)6-7-13(12)16/h2-8H,1H3,(H,17,20). The van der Waals surface area contributed by atoms with Crippen LogP contribution in [0.5, 0.6) is 0 Å². The molecule has 1 N–H and O–H groups in total. The summed E-state index contributed by atoms with van der Waals surface area (Å²) in [7, 11) is 0. The summed E-state index contributed by atoms with van der Waals surface area (Å²) >= 11 is 3.19.